The zero-order chi connectivity index (χ0) is 16.3. The van der Waals surface area contributed by atoms with Crippen molar-refractivity contribution in [2.75, 3.05) is 33.3 Å². The molecule has 3 rings (SSSR count). The lowest BCUT2D eigenvalue weighted by Crippen LogP contribution is -2.48. The van der Waals surface area contributed by atoms with Gasteiger partial charge in [-0.1, -0.05) is 13.3 Å². The molecule has 1 aromatic carbocycles. The number of ether oxygens (including phenoxy) is 1. The molecule has 1 unspecified atom stereocenters. The number of hydrogen-bond donors (Lipinski definition) is 1. The SMILES string of the molecule is CCC1(CCN2CCCCC2)CNC(=O)c2ccc(OC)cc21. The van der Waals surface area contributed by atoms with Gasteiger partial charge in [-0.15, -0.1) is 0 Å². The minimum atomic E-state index is 0.0230. The third kappa shape index (κ3) is 3.23. The molecule has 1 amide bonds. The van der Waals surface area contributed by atoms with E-state index in [4.69, 9.17) is 4.74 Å². The van der Waals surface area contributed by atoms with E-state index in [1.807, 2.05) is 12.1 Å². The number of likely N-dealkylation sites (tertiary alicyclic amines) is 1. The van der Waals surface area contributed by atoms with Gasteiger partial charge in [0.05, 0.1) is 7.11 Å². The Labute approximate surface area is 139 Å². The highest BCUT2D eigenvalue weighted by Crippen LogP contribution is 2.38. The Morgan fingerprint density at radius 1 is 1.26 bits per heavy atom. The normalized spacial score (nSPS) is 24.9. The van der Waals surface area contributed by atoms with Gasteiger partial charge in [-0.05, 0) is 69.1 Å². The van der Waals surface area contributed by atoms with Gasteiger partial charge in [0.2, 0.25) is 0 Å². The first-order chi connectivity index (χ1) is 11.2. The van der Waals surface area contributed by atoms with Crippen molar-refractivity contribution in [3.8, 4) is 5.75 Å². The molecule has 0 radical (unpaired) electrons. The van der Waals surface area contributed by atoms with E-state index >= 15 is 0 Å². The van der Waals surface area contributed by atoms with Gasteiger partial charge in [0.15, 0.2) is 0 Å². The van der Waals surface area contributed by atoms with Crippen molar-refractivity contribution in [2.24, 2.45) is 0 Å². The van der Waals surface area contributed by atoms with Crippen molar-refractivity contribution < 1.29 is 9.53 Å². The maximum atomic E-state index is 12.2. The van der Waals surface area contributed by atoms with Gasteiger partial charge < -0.3 is 15.0 Å². The molecule has 2 aliphatic heterocycles. The molecule has 126 valence electrons. The van der Waals surface area contributed by atoms with Gasteiger partial charge in [-0.25, -0.2) is 0 Å². The summed E-state index contributed by atoms with van der Waals surface area (Å²) in [6, 6.07) is 5.87. The molecule has 0 aliphatic carbocycles. The van der Waals surface area contributed by atoms with Crippen LogP contribution in [-0.2, 0) is 5.41 Å². The summed E-state index contributed by atoms with van der Waals surface area (Å²) in [6.45, 7) is 6.52. The predicted octanol–water partition coefficient (Wildman–Crippen LogP) is 2.96. The van der Waals surface area contributed by atoms with Gasteiger partial charge >= 0.3 is 0 Å². The van der Waals surface area contributed by atoms with Crippen LogP contribution in [0.2, 0.25) is 0 Å². The Balaban J connectivity index is 1.86. The largest absolute Gasteiger partial charge is 0.497 e. The first kappa shape index (κ1) is 16.3. The molecule has 23 heavy (non-hydrogen) atoms. The van der Waals surface area contributed by atoms with Crippen LogP contribution in [-0.4, -0.2) is 44.1 Å². The lowest BCUT2D eigenvalue weighted by Gasteiger charge is -2.40. The van der Waals surface area contributed by atoms with Crippen LogP contribution in [0.5, 0.6) is 5.75 Å². The summed E-state index contributed by atoms with van der Waals surface area (Å²) in [4.78, 5) is 14.8. The number of piperidine rings is 1. The highest BCUT2D eigenvalue weighted by Gasteiger charge is 2.38. The van der Waals surface area contributed by atoms with Gasteiger partial charge in [-0.3, -0.25) is 4.79 Å². The van der Waals surface area contributed by atoms with Crippen LogP contribution in [0.1, 0.15) is 54.9 Å². The molecule has 0 saturated carbocycles. The third-order valence-corrected chi connectivity index (χ3v) is 5.66. The molecule has 1 N–H and O–H groups in total. The second kappa shape index (κ2) is 6.91. The van der Waals surface area contributed by atoms with Crippen LogP contribution in [0.25, 0.3) is 0 Å². The monoisotopic (exact) mass is 316 g/mol. The number of nitrogens with one attached hydrogen (secondary N) is 1. The van der Waals surface area contributed by atoms with Crippen LogP contribution in [0.15, 0.2) is 18.2 Å². The topological polar surface area (TPSA) is 41.6 Å². The predicted molar refractivity (Wildman–Crippen MR) is 92.2 cm³/mol. The van der Waals surface area contributed by atoms with Crippen LogP contribution in [0.3, 0.4) is 0 Å². The number of nitrogens with zero attached hydrogens (tertiary/aromatic N) is 1. The van der Waals surface area contributed by atoms with Crippen molar-refractivity contribution in [1.29, 1.82) is 0 Å². The average molecular weight is 316 g/mol. The van der Waals surface area contributed by atoms with Gasteiger partial charge in [0, 0.05) is 17.5 Å². The fraction of sp³-hybridized carbons (Fsp3) is 0.632. The summed E-state index contributed by atoms with van der Waals surface area (Å²) in [7, 11) is 1.69. The van der Waals surface area contributed by atoms with Crippen LogP contribution in [0, 0.1) is 0 Å². The minimum Gasteiger partial charge on any atom is -0.497 e. The first-order valence-electron chi connectivity index (χ1n) is 8.87. The van der Waals surface area contributed by atoms with Crippen molar-refractivity contribution >= 4 is 5.91 Å². The van der Waals surface area contributed by atoms with E-state index in [2.05, 4.69) is 23.2 Å². The molecule has 0 bridgehead atoms. The third-order valence-electron chi connectivity index (χ3n) is 5.66. The standard InChI is InChI=1S/C19H28N2O2/c1-3-19(9-12-21-10-5-4-6-11-21)14-20-18(22)16-8-7-15(23-2)13-17(16)19/h7-8,13H,3-6,9-12,14H2,1-2H3,(H,20,22). The van der Waals surface area contributed by atoms with E-state index in [0.717, 1.165) is 37.2 Å². The Hall–Kier alpha value is -1.55. The number of carbonyl (C=O) groups is 1. The highest BCUT2D eigenvalue weighted by molar-refractivity contribution is 5.97. The summed E-state index contributed by atoms with van der Waals surface area (Å²) in [5.74, 6) is 0.888. The van der Waals surface area contributed by atoms with Crippen molar-refractivity contribution in [2.45, 2.75) is 44.4 Å². The first-order valence-corrected chi connectivity index (χ1v) is 8.87. The van der Waals surface area contributed by atoms with Gasteiger partial charge in [-0.2, -0.15) is 0 Å². The van der Waals surface area contributed by atoms with E-state index in [-0.39, 0.29) is 11.3 Å². The fourth-order valence-corrected chi connectivity index (χ4v) is 4.00. The van der Waals surface area contributed by atoms with E-state index in [1.54, 1.807) is 7.11 Å². The number of rotatable bonds is 5. The summed E-state index contributed by atoms with van der Waals surface area (Å²) < 4.78 is 5.41. The van der Waals surface area contributed by atoms with E-state index in [9.17, 15) is 4.79 Å². The maximum Gasteiger partial charge on any atom is 0.251 e. The molecule has 4 nitrogen and oxygen atoms in total. The van der Waals surface area contributed by atoms with Crippen molar-refractivity contribution in [1.82, 2.24) is 10.2 Å². The zero-order valence-corrected chi connectivity index (χ0v) is 14.4. The Morgan fingerprint density at radius 3 is 2.74 bits per heavy atom. The number of fused-ring (bicyclic) bond motifs is 1. The molecule has 4 heteroatoms. The molecule has 1 aromatic rings. The summed E-state index contributed by atoms with van der Waals surface area (Å²) in [5, 5.41) is 3.11. The number of hydrogen-bond acceptors (Lipinski definition) is 3. The number of methoxy groups -OCH3 is 1. The van der Waals surface area contributed by atoms with E-state index < -0.39 is 0 Å². The second-order valence-corrected chi connectivity index (χ2v) is 6.88. The number of benzene rings is 1. The quantitative estimate of drug-likeness (QED) is 0.908. The van der Waals surface area contributed by atoms with Crippen LogP contribution in [0.4, 0.5) is 0 Å². The molecule has 1 saturated heterocycles. The molecular formula is C19H28N2O2. The Kier molecular flexibility index (Phi) is 4.90. The van der Waals surface area contributed by atoms with Crippen LogP contribution >= 0.6 is 0 Å². The molecule has 1 atom stereocenters. The molecule has 0 spiro atoms. The van der Waals surface area contributed by atoms with E-state index in [1.165, 1.54) is 37.9 Å². The van der Waals surface area contributed by atoms with Gasteiger partial charge in [0.1, 0.15) is 5.75 Å². The summed E-state index contributed by atoms with van der Waals surface area (Å²) in [6.07, 6.45) is 6.12. The smallest absolute Gasteiger partial charge is 0.251 e. The van der Waals surface area contributed by atoms with Gasteiger partial charge in [0.25, 0.3) is 5.91 Å². The maximum absolute atomic E-state index is 12.2. The Bertz CT molecular complexity index is 566. The Morgan fingerprint density at radius 2 is 2.04 bits per heavy atom. The average Bonchev–Trinajstić information content (AvgIpc) is 2.62. The lowest BCUT2D eigenvalue weighted by molar-refractivity contribution is 0.0914. The zero-order valence-electron chi connectivity index (χ0n) is 14.4. The van der Waals surface area contributed by atoms with Crippen LogP contribution < -0.4 is 10.1 Å². The minimum absolute atomic E-state index is 0.0230. The van der Waals surface area contributed by atoms with E-state index in [0.29, 0.717) is 0 Å². The summed E-state index contributed by atoms with van der Waals surface area (Å²) in [5.41, 5.74) is 2.01. The lowest BCUT2D eigenvalue weighted by atomic mass is 9.71. The molecule has 1 fully saturated rings. The molecular weight excluding hydrogens is 288 g/mol. The number of carbonyl (C=O) groups excluding carboxylic acids is 1. The summed E-state index contributed by atoms with van der Waals surface area (Å²) >= 11 is 0. The number of amides is 1. The molecule has 2 aliphatic rings. The fourth-order valence-electron chi connectivity index (χ4n) is 4.00. The second-order valence-electron chi connectivity index (χ2n) is 6.88. The van der Waals surface area contributed by atoms with Crippen molar-refractivity contribution in [3.63, 3.8) is 0 Å². The molecule has 2 heterocycles. The molecule has 0 aromatic heterocycles. The highest BCUT2D eigenvalue weighted by atomic mass is 16.5. The van der Waals surface area contributed by atoms with Crippen molar-refractivity contribution in [3.05, 3.63) is 29.3 Å².